The molecule has 2 heterocycles. The monoisotopic (exact) mass is 189 g/mol. The van der Waals surface area contributed by atoms with Gasteiger partial charge in [-0.05, 0) is 6.07 Å². The van der Waals surface area contributed by atoms with Gasteiger partial charge in [-0.2, -0.15) is 9.78 Å². The molecule has 0 aliphatic heterocycles. The van der Waals surface area contributed by atoms with Gasteiger partial charge in [0.15, 0.2) is 0 Å². The zero-order valence-electron chi connectivity index (χ0n) is 7.71. The smallest absolute Gasteiger partial charge is 0.250 e. The van der Waals surface area contributed by atoms with E-state index in [0.29, 0.717) is 12.6 Å². The second kappa shape index (κ2) is 3.97. The first-order valence-electron chi connectivity index (χ1n) is 4.12. The Morgan fingerprint density at radius 1 is 1.43 bits per heavy atom. The average Bonchev–Trinajstić information content (AvgIpc) is 2.68. The Balaban J connectivity index is 2.37. The van der Waals surface area contributed by atoms with Crippen LogP contribution in [0.4, 0.5) is 0 Å². The van der Waals surface area contributed by atoms with Crippen LogP contribution in [0.25, 0.3) is 5.95 Å². The minimum Gasteiger partial charge on any atom is -0.378 e. The summed E-state index contributed by atoms with van der Waals surface area (Å²) in [4.78, 5) is 8.16. The van der Waals surface area contributed by atoms with E-state index in [0.717, 1.165) is 5.69 Å². The molecule has 0 saturated heterocycles. The Morgan fingerprint density at radius 3 is 2.93 bits per heavy atom. The van der Waals surface area contributed by atoms with Crippen molar-refractivity contribution in [3.05, 3.63) is 36.4 Å². The van der Waals surface area contributed by atoms with Crippen LogP contribution < -0.4 is 0 Å². The molecule has 0 fully saturated rings. The topological polar surface area (TPSA) is 52.8 Å². The molecule has 14 heavy (non-hydrogen) atoms. The van der Waals surface area contributed by atoms with E-state index in [4.69, 9.17) is 4.74 Å². The fraction of sp³-hybridized carbons (Fsp3) is 0.222. The second-order valence-corrected chi connectivity index (χ2v) is 2.63. The van der Waals surface area contributed by atoms with Crippen LogP contribution in [-0.2, 0) is 11.3 Å². The minimum absolute atomic E-state index is 0.443. The van der Waals surface area contributed by atoms with E-state index < -0.39 is 0 Å². The summed E-state index contributed by atoms with van der Waals surface area (Å²) in [6.45, 7) is 0.443. The minimum atomic E-state index is 0.443. The Hall–Kier alpha value is -1.75. The number of hydrogen-bond acceptors (Lipinski definition) is 4. The molecule has 0 aliphatic rings. The fourth-order valence-corrected chi connectivity index (χ4v) is 1.10. The maximum Gasteiger partial charge on any atom is 0.250 e. The Bertz CT molecular complexity index is 398. The number of hydrogen-bond donors (Lipinski definition) is 0. The van der Waals surface area contributed by atoms with Crippen LogP contribution in [0.1, 0.15) is 5.69 Å². The van der Waals surface area contributed by atoms with Crippen LogP contribution in [0.2, 0.25) is 0 Å². The molecule has 0 bridgehead atoms. The van der Waals surface area contributed by atoms with Crippen molar-refractivity contribution in [3.8, 4) is 5.95 Å². The molecule has 0 aliphatic carbocycles. The first-order valence-corrected chi connectivity index (χ1v) is 4.12. The maximum atomic E-state index is 5.00. The van der Waals surface area contributed by atoms with Gasteiger partial charge in [-0.25, -0.2) is 9.97 Å². The van der Waals surface area contributed by atoms with E-state index >= 15 is 0 Å². The Labute approximate surface area is 81.4 Å². The first kappa shape index (κ1) is 8.83. The van der Waals surface area contributed by atoms with Crippen molar-refractivity contribution in [1.82, 2.24) is 19.7 Å². The number of ether oxygens (including phenoxy) is 1. The molecule has 0 aromatic carbocycles. The highest BCUT2D eigenvalue weighted by Gasteiger charge is 2.05. The molecule has 0 N–H and O–H groups in total. The van der Waals surface area contributed by atoms with Crippen molar-refractivity contribution in [3.63, 3.8) is 0 Å². The summed E-state index contributed by atoms with van der Waals surface area (Å²) in [5, 5.41) is 4.06. The number of nitrogens with zero attached hydrogens (tertiary/aromatic N) is 4. The van der Waals surface area contributed by atoms with Crippen LogP contribution in [-0.4, -0.2) is 26.9 Å². The SMILES string of the molecule is COCc1[c]cnn1-c1ncccn1. The van der Waals surface area contributed by atoms with Gasteiger partial charge in [0.2, 0.25) is 0 Å². The van der Waals surface area contributed by atoms with Gasteiger partial charge >= 0.3 is 0 Å². The lowest BCUT2D eigenvalue weighted by Crippen LogP contribution is -2.06. The quantitative estimate of drug-likeness (QED) is 0.709. The van der Waals surface area contributed by atoms with Gasteiger partial charge in [0, 0.05) is 25.6 Å². The number of rotatable bonds is 3. The van der Waals surface area contributed by atoms with Crippen LogP contribution in [0, 0.1) is 6.07 Å². The lowest BCUT2D eigenvalue weighted by atomic mass is 10.4. The first-order chi connectivity index (χ1) is 6.92. The summed E-state index contributed by atoms with van der Waals surface area (Å²) in [6, 6.07) is 4.71. The molecule has 1 radical (unpaired) electrons. The van der Waals surface area contributed by atoms with Crippen molar-refractivity contribution in [1.29, 1.82) is 0 Å². The third-order valence-electron chi connectivity index (χ3n) is 1.68. The molecule has 5 heteroatoms. The summed E-state index contributed by atoms with van der Waals surface area (Å²) in [5.74, 6) is 0.529. The third-order valence-corrected chi connectivity index (χ3v) is 1.68. The van der Waals surface area contributed by atoms with Gasteiger partial charge in [0.05, 0.1) is 18.5 Å². The second-order valence-electron chi connectivity index (χ2n) is 2.63. The predicted molar refractivity (Wildman–Crippen MR) is 48.7 cm³/mol. The van der Waals surface area contributed by atoms with E-state index in [1.54, 1.807) is 36.4 Å². The van der Waals surface area contributed by atoms with Crippen LogP contribution in [0.3, 0.4) is 0 Å². The average molecular weight is 189 g/mol. The molecule has 0 spiro atoms. The number of methoxy groups -OCH3 is 1. The standard InChI is InChI=1S/C9H9N4O/c1-14-7-8-3-6-12-13(8)9-10-4-2-5-11-9/h2,4-6H,7H2,1H3. The highest BCUT2D eigenvalue weighted by Crippen LogP contribution is 2.04. The van der Waals surface area contributed by atoms with E-state index in [1.165, 1.54) is 0 Å². The molecule has 0 unspecified atom stereocenters. The molecule has 2 rings (SSSR count). The van der Waals surface area contributed by atoms with Crippen molar-refractivity contribution in [2.45, 2.75) is 6.61 Å². The highest BCUT2D eigenvalue weighted by atomic mass is 16.5. The highest BCUT2D eigenvalue weighted by molar-refractivity contribution is 5.13. The summed E-state index contributed by atoms with van der Waals surface area (Å²) in [5.41, 5.74) is 0.804. The van der Waals surface area contributed by atoms with E-state index in [9.17, 15) is 0 Å². The molecular weight excluding hydrogens is 180 g/mol. The fourth-order valence-electron chi connectivity index (χ4n) is 1.10. The van der Waals surface area contributed by atoms with Crippen LogP contribution in [0.5, 0.6) is 0 Å². The summed E-state index contributed by atoms with van der Waals surface area (Å²) < 4.78 is 6.60. The van der Waals surface area contributed by atoms with Gasteiger partial charge in [-0.3, -0.25) is 0 Å². The van der Waals surface area contributed by atoms with Crippen molar-refractivity contribution >= 4 is 0 Å². The Morgan fingerprint density at radius 2 is 2.21 bits per heavy atom. The third kappa shape index (κ3) is 1.62. The molecule has 0 atom stereocenters. The van der Waals surface area contributed by atoms with E-state index in [2.05, 4.69) is 21.1 Å². The molecule has 71 valence electrons. The van der Waals surface area contributed by atoms with Crippen LogP contribution in [0.15, 0.2) is 24.7 Å². The zero-order chi connectivity index (χ0) is 9.80. The molecule has 2 aromatic rings. The summed E-state index contributed by atoms with van der Waals surface area (Å²) in [6.07, 6.45) is 4.91. The predicted octanol–water partition coefficient (Wildman–Crippen LogP) is 0.609. The van der Waals surface area contributed by atoms with Gasteiger partial charge in [-0.15, -0.1) is 0 Å². The van der Waals surface area contributed by atoms with Gasteiger partial charge in [0.1, 0.15) is 0 Å². The van der Waals surface area contributed by atoms with Crippen molar-refractivity contribution < 1.29 is 4.74 Å². The largest absolute Gasteiger partial charge is 0.378 e. The van der Waals surface area contributed by atoms with Gasteiger partial charge in [0.25, 0.3) is 5.95 Å². The molecule has 0 amide bonds. The summed E-state index contributed by atoms with van der Waals surface area (Å²) >= 11 is 0. The van der Waals surface area contributed by atoms with Crippen molar-refractivity contribution in [2.24, 2.45) is 0 Å². The zero-order valence-corrected chi connectivity index (χ0v) is 7.71. The lowest BCUT2D eigenvalue weighted by molar-refractivity contribution is 0.179. The van der Waals surface area contributed by atoms with Gasteiger partial charge < -0.3 is 4.74 Å². The molecule has 5 nitrogen and oxygen atoms in total. The summed E-state index contributed by atoms with van der Waals surface area (Å²) in [7, 11) is 1.62. The van der Waals surface area contributed by atoms with E-state index in [-0.39, 0.29) is 0 Å². The molecular formula is C9H9N4O. The number of aromatic nitrogens is 4. The van der Waals surface area contributed by atoms with Crippen molar-refractivity contribution in [2.75, 3.05) is 7.11 Å². The molecule has 0 saturated carbocycles. The van der Waals surface area contributed by atoms with E-state index in [1.807, 2.05) is 0 Å². The van der Waals surface area contributed by atoms with Gasteiger partial charge in [-0.1, -0.05) is 0 Å². The normalized spacial score (nSPS) is 10.4. The van der Waals surface area contributed by atoms with Crippen LogP contribution >= 0.6 is 0 Å². The lowest BCUT2D eigenvalue weighted by Gasteiger charge is -2.03. The molecule has 2 aromatic heterocycles. The Kier molecular flexibility index (Phi) is 2.51. The maximum absolute atomic E-state index is 5.00.